The Morgan fingerprint density at radius 3 is 2.69 bits per heavy atom. The van der Waals surface area contributed by atoms with Crippen LogP contribution in [0.25, 0.3) is 6.08 Å². The summed E-state index contributed by atoms with van der Waals surface area (Å²) >= 11 is 0. The number of ether oxygens (including phenoxy) is 1. The maximum absolute atomic E-state index is 12.1. The zero-order valence-electron chi connectivity index (χ0n) is 14.5. The van der Waals surface area contributed by atoms with Crippen LogP contribution in [0.15, 0.2) is 48.9 Å². The SMILES string of the molecule is CC(=O)Nc1ccc(/C=C/C(=O)N2CC(OCc3ccncc3)C2)cn1. The molecule has 2 aromatic rings. The molecule has 3 heterocycles. The average Bonchev–Trinajstić information content (AvgIpc) is 2.60. The predicted octanol–water partition coefficient (Wildman–Crippen LogP) is 1.88. The number of rotatable bonds is 6. The van der Waals surface area contributed by atoms with Crippen LogP contribution >= 0.6 is 0 Å². The van der Waals surface area contributed by atoms with Gasteiger partial charge in [-0.25, -0.2) is 4.98 Å². The number of carbonyl (C=O) groups excluding carboxylic acids is 2. The molecule has 0 aliphatic carbocycles. The smallest absolute Gasteiger partial charge is 0.246 e. The number of hydrogen-bond acceptors (Lipinski definition) is 5. The molecule has 0 saturated carbocycles. The number of anilines is 1. The highest BCUT2D eigenvalue weighted by molar-refractivity contribution is 5.92. The van der Waals surface area contributed by atoms with Gasteiger partial charge in [0, 0.05) is 44.7 Å². The number of likely N-dealkylation sites (tertiary alicyclic amines) is 1. The monoisotopic (exact) mass is 352 g/mol. The van der Waals surface area contributed by atoms with Crippen molar-refractivity contribution in [2.75, 3.05) is 18.4 Å². The average molecular weight is 352 g/mol. The van der Waals surface area contributed by atoms with Crippen LogP contribution in [0.1, 0.15) is 18.1 Å². The summed E-state index contributed by atoms with van der Waals surface area (Å²) in [5.74, 6) is 0.257. The summed E-state index contributed by atoms with van der Waals surface area (Å²) in [5, 5.41) is 2.60. The minimum absolute atomic E-state index is 0.0558. The van der Waals surface area contributed by atoms with Gasteiger partial charge in [-0.15, -0.1) is 0 Å². The lowest BCUT2D eigenvalue weighted by molar-refractivity contribution is -0.140. The fourth-order valence-electron chi connectivity index (χ4n) is 2.45. The largest absolute Gasteiger partial charge is 0.370 e. The number of aromatic nitrogens is 2. The van der Waals surface area contributed by atoms with Gasteiger partial charge in [-0.1, -0.05) is 0 Å². The molecule has 0 atom stereocenters. The third kappa shape index (κ3) is 4.97. The van der Waals surface area contributed by atoms with E-state index in [4.69, 9.17) is 4.74 Å². The first-order valence-corrected chi connectivity index (χ1v) is 8.31. The minimum Gasteiger partial charge on any atom is -0.370 e. The van der Waals surface area contributed by atoms with E-state index in [-0.39, 0.29) is 17.9 Å². The summed E-state index contributed by atoms with van der Waals surface area (Å²) in [4.78, 5) is 32.9. The molecule has 0 radical (unpaired) electrons. The molecular weight excluding hydrogens is 332 g/mol. The van der Waals surface area contributed by atoms with Crippen LogP contribution in [-0.4, -0.2) is 45.9 Å². The van der Waals surface area contributed by atoms with Crippen molar-refractivity contribution in [3.8, 4) is 0 Å². The van der Waals surface area contributed by atoms with Gasteiger partial charge < -0.3 is 15.0 Å². The molecule has 7 nitrogen and oxygen atoms in total. The van der Waals surface area contributed by atoms with Crippen LogP contribution in [0.5, 0.6) is 0 Å². The number of nitrogens with zero attached hydrogens (tertiary/aromatic N) is 3. The minimum atomic E-state index is -0.172. The Balaban J connectivity index is 1.41. The van der Waals surface area contributed by atoms with Crippen LogP contribution in [0.3, 0.4) is 0 Å². The van der Waals surface area contributed by atoms with E-state index < -0.39 is 0 Å². The van der Waals surface area contributed by atoms with Crippen LogP contribution in [-0.2, 0) is 20.9 Å². The third-order valence-corrected chi connectivity index (χ3v) is 3.90. The lowest BCUT2D eigenvalue weighted by Crippen LogP contribution is -2.54. The first kappa shape index (κ1) is 17.8. The molecule has 3 rings (SSSR count). The van der Waals surface area contributed by atoms with Gasteiger partial charge in [0.25, 0.3) is 0 Å². The Kier molecular flexibility index (Phi) is 5.70. The van der Waals surface area contributed by atoms with E-state index in [1.807, 2.05) is 12.1 Å². The zero-order valence-corrected chi connectivity index (χ0v) is 14.5. The van der Waals surface area contributed by atoms with Crippen molar-refractivity contribution >= 4 is 23.7 Å². The Morgan fingerprint density at radius 1 is 1.27 bits per heavy atom. The molecule has 2 aromatic heterocycles. The second-order valence-electron chi connectivity index (χ2n) is 6.02. The van der Waals surface area contributed by atoms with E-state index in [0.29, 0.717) is 25.5 Å². The highest BCUT2D eigenvalue weighted by Crippen LogP contribution is 2.15. The van der Waals surface area contributed by atoms with Crippen molar-refractivity contribution in [3.05, 3.63) is 60.1 Å². The van der Waals surface area contributed by atoms with Gasteiger partial charge in [0.1, 0.15) is 5.82 Å². The molecule has 1 aliphatic heterocycles. The van der Waals surface area contributed by atoms with Gasteiger partial charge in [0.2, 0.25) is 11.8 Å². The van der Waals surface area contributed by atoms with Crippen molar-refractivity contribution < 1.29 is 14.3 Å². The first-order valence-electron chi connectivity index (χ1n) is 8.31. The second kappa shape index (κ2) is 8.35. The molecule has 0 spiro atoms. The molecular formula is C19H20N4O3. The molecule has 7 heteroatoms. The zero-order chi connectivity index (χ0) is 18.4. The van der Waals surface area contributed by atoms with E-state index in [9.17, 15) is 9.59 Å². The van der Waals surface area contributed by atoms with E-state index in [1.54, 1.807) is 41.7 Å². The fourth-order valence-corrected chi connectivity index (χ4v) is 2.45. The quantitative estimate of drug-likeness (QED) is 0.803. The van der Waals surface area contributed by atoms with Gasteiger partial charge in [0.15, 0.2) is 0 Å². The summed E-state index contributed by atoms with van der Waals surface area (Å²) in [6.45, 7) is 3.13. The standard InChI is InChI=1S/C19H20N4O3/c1-14(24)22-18-4-2-15(10-21-18)3-5-19(25)23-11-17(12-23)26-13-16-6-8-20-9-7-16/h2-10,17H,11-13H2,1H3,(H,21,22,24)/b5-3+. The van der Waals surface area contributed by atoms with Crippen LogP contribution < -0.4 is 5.32 Å². The topological polar surface area (TPSA) is 84.4 Å². The summed E-state index contributed by atoms with van der Waals surface area (Å²) in [5.41, 5.74) is 1.86. The predicted molar refractivity (Wildman–Crippen MR) is 97.0 cm³/mol. The van der Waals surface area contributed by atoms with Gasteiger partial charge in [-0.2, -0.15) is 0 Å². The molecule has 26 heavy (non-hydrogen) atoms. The number of pyridine rings is 2. The molecule has 134 valence electrons. The van der Waals surface area contributed by atoms with Gasteiger partial charge in [-0.3, -0.25) is 14.6 Å². The lowest BCUT2D eigenvalue weighted by Gasteiger charge is -2.38. The third-order valence-electron chi connectivity index (χ3n) is 3.90. The van der Waals surface area contributed by atoms with Crippen molar-refractivity contribution in [1.82, 2.24) is 14.9 Å². The van der Waals surface area contributed by atoms with E-state index in [0.717, 1.165) is 11.1 Å². The van der Waals surface area contributed by atoms with Crippen LogP contribution in [0.2, 0.25) is 0 Å². The Hall–Kier alpha value is -3.06. The Morgan fingerprint density at radius 2 is 2.04 bits per heavy atom. The van der Waals surface area contributed by atoms with Crippen molar-refractivity contribution in [2.24, 2.45) is 0 Å². The molecule has 0 unspecified atom stereocenters. The molecule has 1 N–H and O–H groups in total. The van der Waals surface area contributed by atoms with E-state index >= 15 is 0 Å². The van der Waals surface area contributed by atoms with E-state index in [2.05, 4.69) is 15.3 Å². The molecule has 1 saturated heterocycles. The highest BCUT2D eigenvalue weighted by atomic mass is 16.5. The lowest BCUT2D eigenvalue weighted by atomic mass is 10.1. The number of nitrogens with one attached hydrogen (secondary N) is 1. The molecule has 0 bridgehead atoms. The van der Waals surface area contributed by atoms with E-state index in [1.165, 1.54) is 13.0 Å². The molecule has 0 aromatic carbocycles. The first-order chi connectivity index (χ1) is 12.6. The number of hydrogen-bond donors (Lipinski definition) is 1. The van der Waals surface area contributed by atoms with Gasteiger partial charge >= 0.3 is 0 Å². The fraction of sp³-hybridized carbons (Fsp3) is 0.263. The highest BCUT2D eigenvalue weighted by Gasteiger charge is 2.29. The normalized spacial score (nSPS) is 14.3. The van der Waals surface area contributed by atoms with Crippen LogP contribution in [0, 0.1) is 0 Å². The van der Waals surface area contributed by atoms with Crippen molar-refractivity contribution in [2.45, 2.75) is 19.6 Å². The maximum Gasteiger partial charge on any atom is 0.246 e. The van der Waals surface area contributed by atoms with Crippen molar-refractivity contribution in [3.63, 3.8) is 0 Å². The molecule has 1 fully saturated rings. The summed E-state index contributed by atoms with van der Waals surface area (Å²) in [6.07, 6.45) is 8.37. The second-order valence-corrected chi connectivity index (χ2v) is 6.02. The maximum atomic E-state index is 12.1. The summed E-state index contributed by atoms with van der Waals surface area (Å²) in [6, 6.07) is 7.31. The molecule has 1 aliphatic rings. The Labute approximate surface area is 151 Å². The Bertz CT molecular complexity index is 784. The summed E-state index contributed by atoms with van der Waals surface area (Å²) in [7, 11) is 0. The number of carbonyl (C=O) groups is 2. The van der Waals surface area contributed by atoms with Crippen molar-refractivity contribution in [1.29, 1.82) is 0 Å². The molecule has 2 amide bonds. The van der Waals surface area contributed by atoms with Gasteiger partial charge in [0.05, 0.1) is 12.7 Å². The van der Waals surface area contributed by atoms with Gasteiger partial charge in [-0.05, 0) is 41.5 Å². The number of amides is 2. The summed E-state index contributed by atoms with van der Waals surface area (Å²) < 4.78 is 5.76. The van der Waals surface area contributed by atoms with Crippen LogP contribution in [0.4, 0.5) is 5.82 Å².